The van der Waals surface area contributed by atoms with Crippen LogP contribution in [0.5, 0.6) is 5.75 Å². The van der Waals surface area contributed by atoms with E-state index in [0.29, 0.717) is 17.4 Å². The van der Waals surface area contributed by atoms with Crippen molar-refractivity contribution in [3.63, 3.8) is 0 Å². The summed E-state index contributed by atoms with van der Waals surface area (Å²) in [4.78, 5) is 24.5. The van der Waals surface area contributed by atoms with Crippen molar-refractivity contribution in [2.75, 3.05) is 25.5 Å². The highest BCUT2D eigenvalue weighted by atomic mass is 16.5. The van der Waals surface area contributed by atoms with Crippen LogP contribution >= 0.6 is 0 Å². The summed E-state index contributed by atoms with van der Waals surface area (Å²) in [5.74, 6) is 0.641. The molecule has 1 saturated carbocycles. The van der Waals surface area contributed by atoms with E-state index in [1.807, 2.05) is 7.05 Å². The molecular formula is C16H23N3O3. The zero-order chi connectivity index (χ0) is 15.9. The molecule has 3 N–H and O–H groups in total. The van der Waals surface area contributed by atoms with Crippen molar-refractivity contribution in [2.45, 2.75) is 25.7 Å². The van der Waals surface area contributed by atoms with Gasteiger partial charge in [-0.25, -0.2) is 4.79 Å². The van der Waals surface area contributed by atoms with E-state index in [9.17, 15) is 9.59 Å². The van der Waals surface area contributed by atoms with Crippen molar-refractivity contribution < 1.29 is 14.3 Å². The Bertz CT molecular complexity index is 510. The molecule has 0 aromatic heterocycles. The Morgan fingerprint density at radius 3 is 2.50 bits per heavy atom. The smallest absolute Gasteiger partial charge is 0.321 e. The zero-order valence-electron chi connectivity index (χ0n) is 12.9. The molecule has 0 aliphatic heterocycles. The highest BCUT2D eigenvalue weighted by Gasteiger charge is 2.19. The lowest BCUT2D eigenvalue weighted by atomic mass is 10.1. The fourth-order valence-electron chi connectivity index (χ4n) is 2.67. The van der Waals surface area contributed by atoms with Crippen LogP contribution in [0.3, 0.4) is 0 Å². The Morgan fingerprint density at radius 1 is 1.27 bits per heavy atom. The number of benzene rings is 1. The van der Waals surface area contributed by atoms with Gasteiger partial charge in [0.2, 0.25) is 0 Å². The van der Waals surface area contributed by atoms with Gasteiger partial charge in [0.1, 0.15) is 5.75 Å². The second-order valence-electron chi connectivity index (χ2n) is 5.74. The Hall–Kier alpha value is -2.24. The summed E-state index contributed by atoms with van der Waals surface area (Å²) in [6, 6.07) is 6.73. The third-order valence-corrected chi connectivity index (χ3v) is 3.84. The van der Waals surface area contributed by atoms with Gasteiger partial charge in [-0.3, -0.25) is 4.79 Å². The van der Waals surface area contributed by atoms with Gasteiger partial charge in [-0.15, -0.1) is 0 Å². The van der Waals surface area contributed by atoms with E-state index in [-0.39, 0.29) is 12.6 Å². The summed E-state index contributed by atoms with van der Waals surface area (Å²) < 4.78 is 5.17. The summed E-state index contributed by atoms with van der Waals surface area (Å²) in [5.41, 5.74) is 5.70. The molecule has 0 unspecified atom stereocenters. The number of nitrogens with two attached hydrogens (primary N) is 1. The number of ether oxygens (including phenoxy) is 1. The molecule has 1 fully saturated rings. The average Bonchev–Trinajstić information content (AvgIpc) is 2.99. The van der Waals surface area contributed by atoms with Crippen LogP contribution in [0, 0.1) is 5.92 Å². The molecule has 1 aliphatic carbocycles. The van der Waals surface area contributed by atoms with Gasteiger partial charge in [0.05, 0.1) is 0 Å². The molecule has 0 spiro atoms. The molecule has 0 saturated heterocycles. The minimum absolute atomic E-state index is 0.113. The van der Waals surface area contributed by atoms with E-state index in [1.54, 1.807) is 29.2 Å². The first-order chi connectivity index (χ1) is 10.5. The fraction of sp³-hybridized carbons (Fsp3) is 0.500. The Kier molecular flexibility index (Phi) is 5.63. The van der Waals surface area contributed by atoms with E-state index < -0.39 is 5.91 Å². The van der Waals surface area contributed by atoms with Crippen LogP contribution in [0.4, 0.5) is 10.5 Å². The lowest BCUT2D eigenvalue weighted by molar-refractivity contribution is -0.119. The second-order valence-corrected chi connectivity index (χ2v) is 5.74. The molecule has 0 bridgehead atoms. The van der Waals surface area contributed by atoms with E-state index >= 15 is 0 Å². The maximum atomic E-state index is 12.1. The first-order valence-electron chi connectivity index (χ1n) is 7.58. The molecule has 6 nitrogen and oxygen atoms in total. The number of primary amides is 1. The van der Waals surface area contributed by atoms with Gasteiger partial charge in [0.15, 0.2) is 6.61 Å². The number of rotatable bonds is 6. The lowest BCUT2D eigenvalue weighted by Crippen LogP contribution is -2.34. The maximum absolute atomic E-state index is 12.1. The molecule has 6 heteroatoms. The molecule has 120 valence electrons. The number of hydrogen-bond donors (Lipinski definition) is 2. The van der Waals surface area contributed by atoms with Crippen molar-refractivity contribution in [1.82, 2.24) is 4.90 Å². The number of urea groups is 1. The van der Waals surface area contributed by atoms with Crippen molar-refractivity contribution in [3.05, 3.63) is 24.3 Å². The van der Waals surface area contributed by atoms with Crippen LogP contribution in [0.2, 0.25) is 0 Å². The predicted molar refractivity (Wildman–Crippen MR) is 84.7 cm³/mol. The minimum Gasteiger partial charge on any atom is -0.484 e. The zero-order valence-corrected chi connectivity index (χ0v) is 12.9. The number of carbonyl (C=O) groups is 2. The summed E-state index contributed by atoms with van der Waals surface area (Å²) in [6.07, 6.45) is 4.97. The third kappa shape index (κ3) is 4.95. The highest BCUT2D eigenvalue weighted by molar-refractivity contribution is 5.89. The average molecular weight is 305 g/mol. The van der Waals surface area contributed by atoms with Crippen molar-refractivity contribution in [3.8, 4) is 5.75 Å². The Morgan fingerprint density at radius 2 is 1.91 bits per heavy atom. The fourth-order valence-corrected chi connectivity index (χ4v) is 2.67. The molecule has 2 rings (SSSR count). The van der Waals surface area contributed by atoms with Crippen LogP contribution < -0.4 is 15.8 Å². The van der Waals surface area contributed by atoms with Crippen LogP contribution in [-0.2, 0) is 4.79 Å². The van der Waals surface area contributed by atoms with Gasteiger partial charge >= 0.3 is 6.03 Å². The third-order valence-electron chi connectivity index (χ3n) is 3.84. The molecule has 0 atom stereocenters. The van der Waals surface area contributed by atoms with Crippen LogP contribution in [0.25, 0.3) is 0 Å². The van der Waals surface area contributed by atoms with E-state index in [2.05, 4.69) is 5.32 Å². The van der Waals surface area contributed by atoms with Gasteiger partial charge in [-0.1, -0.05) is 12.8 Å². The van der Waals surface area contributed by atoms with E-state index in [0.717, 1.165) is 6.54 Å². The molecular weight excluding hydrogens is 282 g/mol. The van der Waals surface area contributed by atoms with Gasteiger partial charge in [0.25, 0.3) is 5.91 Å². The van der Waals surface area contributed by atoms with Crippen LogP contribution in [0.15, 0.2) is 24.3 Å². The minimum atomic E-state index is -0.522. The monoisotopic (exact) mass is 305 g/mol. The molecule has 1 aliphatic rings. The molecule has 0 heterocycles. The molecule has 1 aromatic rings. The first-order valence-corrected chi connectivity index (χ1v) is 7.58. The molecule has 22 heavy (non-hydrogen) atoms. The first kappa shape index (κ1) is 16.1. The molecule has 1 aromatic carbocycles. The van der Waals surface area contributed by atoms with Crippen molar-refractivity contribution >= 4 is 17.6 Å². The topological polar surface area (TPSA) is 84.7 Å². The SMILES string of the molecule is CN(CC1CCCC1)C(=O)Nc1ccc(OCC(N)=O)cc1. The summed E-state index contributed by atoms with van der Waals surface area (Å²) in [7, 11) is 1.82. The van der Waals surface area contributed by atoms with Gasteiger partial charge in [-0.2, -0.15) is 0 Å². The highest BCUT2D eigenvalue weighted by Crippen LogP contribution is 2.25. The standard InChI is InChI=1S/C16H23N3O3/c1-19(10-12-4-2-3-5-12)16(21)18-13-6-8-14(9-7-13)22-11-15(17)20/h6-9,12H,2-5,10-11H2,1H3,(H2,17,20)(H,18,21). The number of nitrogens with zero attached hydrogens (tertiary/aromatic N) is 1. The quantitative estimate of drug-likeness (QED) is 0.845. The Balaban J connectivity index is 1.81. The normalized spacial score (nSPS) is 14.6. The number of carbonyl (C=O) groups excluding carboxylic acids is 2. The van der Waals surface area contributed by atoms with Crippen LogP contribution in [-0.4, -0.2) is 37.0 Å². The lowest BCUT2D eigenvalue weighted by Gasteiger charge is -2.21. The van der Waals surface area contributed by atoms with E-state index in [1.165, 1.54) is 25.7 Å². The number of nitrogens with one attached hydrogen (secondary N) is 1. The van der Waals surface area contributed by atoms with Crippen molar-refractivity contribution in [2.24, 2.45) is 11.7 Å². The molecule has 3 amide bonds. The van der Waals surface area contributed by atoms with Gasteiger partial charge < -0.3 is 20.7 Å². The summed E-state index contributed by atoms with van der Waals surface area (Å²) in [5, 5.41) is 2.85. The Labute approximate surface area is 130 Å². The van der Waals surface area contributed by atoms with Crippen molar-refractivity contribution in [1.29, 1.82) is 0 Å². The van der Waals surface area contributed by atoms with Gasteiger partial charge in [0, 0.05) is 19.3 Å². The van der Waals surface area contributed by atoms with Crippen LogP contribution in [0.1, 0.15) is 25.7 Å². The predicted octanol–water partition coefficient (Wildman–Crippen LogP) is 2.20. The number of hydrogen-bond acceptors (Lipinski definition) is 3. The summed E-state index contributed by atoms with van der Waals surface area (Å²) in [6.45, 7) is 0.640. The maximum Gasteiger partial charge on any atom is 0.321 e. The largest absolute Gasteiger partial charge is 0.484 e. The van der Waals surface area contributed by atoms with Gasteiger partial charge in [-0.05, 0) is 43.0 Å². The number of anilines is 1. The number of amides is 3. The molecule has 0 radical (unpaired) electrons. The summed E-state index contributed by atoms with van der Waals surface area (Å²) >= 11 is 0. The van der Waals surface area contributed by atoms with E-state index in [4.69, 9.17) is 10.5 Å². The second kappa shape index (κ2) is 7.68.